The summed E-state index contributed by atoms with van der Waals surface area (Å²) in [6, 6.07) is 14.7. The average molecular weight is 476 g/mol. The normalized spacial score (nSPS) is 17.2. The fourth-order valence-electron chi connectivity index (χ4n) is 4.38. The molecule has 7 heteroatoms. The van der Waals surface area contributed by atoms with E-state index in [0.29, 0.717) is 31.3 Å². The first-order valence-electron chi connectivity index (χ1n) is 11.9. The number of aromatic nitrogens is 1. The molecule has 6 nitrogen and oxygen atoms in total. The highest BCUT2D eigenvalue weighted by atomic mass is 32.1. The Kier molecular flexibility index (Phi) is 6.37. The summed E-state index contributed by atoms with van der Waals surface area (Å²) in [6.07, 6.45) is 3.41. The van der Waals surface area contributed by atoms with E-state index < -0.39 is 0 Å². The second-order valence-corrected chi connectivity index (χ2v) is 9.97. The Morgan fingerprint density at radius 1 is 1.18 bits per heavy atom. The zero-order valence-corrected chi connectivity index (χ0v) is 20.4. The smallest absolute Gasteiger partial charge is 0.270 e. The molecule has 5 rings (SSSR count). The third-order valence-corrected chi connectivity index (χ3v) is 7.24. The Morgan fingerprint density at radius 3 is 2.71 bits per heavy atom. The minimum absolute atomic E-state index is 0.111. The van der Waals surface area contributed by atoms with Crippen LogP contribution in [0.15, 0.2) is 47.8 Å². The third-order valence-electron chi connectivity index (χ3n) is 6.42. The number of aryl methyl sites for hydroxylation is 1. The molecule has 1 aromatic heterocycles. The van der Waals surface area contributed by atoms with Gasteiger partial charge in [-0.2, -0.15) is 0 Å². The number of thiazole rings is 1. The van der Waals surface area contributed by atoms with Gasteiger partial charge >= 0.3 is 0 Å². The van der Waals surface area contributed by atoms with Crippen LogP contribution in [0.5, 0.6) is 5.75 Å². The van der Waals surface area contributed by atoms with Crippen molar-refractivity contribution >= 4 is 23.2 Å². The van der Waals surface area contributed by atoms with Gasteiger partial charge in [-0.25, -0.2) is 4.98 Å². The van der Waals surface area contributed by atoms with Gasteiger partial charge in [0.25, 0.3) is 5.91 Å². The second kappa shape index (κ2) is 9.58. The maximum atomic E-state index is 12.8. The lowest BCUT2D eigenvalue weighted by molar-refractivity contribution is -0.132. The van der Waals surface area contributed by atoms with Crippen LogP contribution in [0.25, 0.3) is 0 Å². The first-order valence-corrected chi connectivity index (χ1v) is 12.8. The van der Waals surface area contributed by atoms with Crippen LogP contribution in [0, 0.1) is 6.92 Å². The number of ether oxygens (including phenoxy) is 1. The van der Waals surface area contributed by atoms with Crippen molar-refractivity contribution in [2.45, 2.75) is 58.2 Å². The molecule has 0 spiro atoms. The molecule has 2 aliphatic rings. The predicted octanol–water partition coefficient (Wildman–Crippen LogP) is 4.81. The van der Waals surface area contributed by atoms with E-state index in [0.717, 1.165) is 41.1 Å². The molecule has 1 atom stereocenters. The molecular weight excluding hydrogens is 446 g/mol. The van der Waals surface area contributed by atoms with Crippen molar-refractivity contribution in [2.75, 3.05) is 6.54 Å². The Hall–Kier alpha value is -3.19. The fourth-order valence-corrected chi connectivity index (χ4v) is 5.06. The third kappa shape index (κ3) is 4.85. The summed E-state index contributed by atoms with van der Waals surface area (Å²) in [5.41, 5.74) is 5.11. The van der Waals surface area contributed by atoms with Crippen molar-refractivity contribution in [1.29, 1.82) is 0 Å². The molecule has 3 aromatic rings. The number of hydrogen-bond acceptors (Lipinski definition) is 5. The highest BCUT2D eigenvalue weighted by molar-refractivity contribution is 7.09. The summed E-state index contributed by atoms with van der Waals surface area (Å²) in [5, 5.41) is 5.51. The SMILES string of the molecule is CCC(=O)N1CCc2ccc(OCc3nc(C(=O)NC4CC4)cs3)cc2[C@H]1c1ccc(C)cc1. The van der Waals surface area contributed by atoms with Gasteiger partial charge in [0.05, 0.1) is 6.04 Å². The number of carbonyl (C=O) groups is 2. The first kappa shape index (κ1) is 22.6. The topological polar surface area (TPSA) is 71.5 Å². The van der Waals surface area contributed by atoms with Gasteiger partial charge in [-0.3, -0.25) is 9.59 Å². The maximum Gasteiger partial charge on any atom is 0.270 e. The molecule has 0 radical (unpaired) electrons. The van der Waals surface area contributed by atoms with E-state index in [4.69, 9.17) is 4.74 Å². The molecule has 1 saturated carbocycles. The van der Waals surface area contributed by atoms with Gasteiger partial charge in [-0.05, 0) is 55.0 Å². The summed E-state index contributed by atoms with van der Waals surface area (Å²) in [7, 11) is 0. The number of amides is 2. The molecular formula is C27H29N3O3S. The van der Waals surface area contributed by atoms with E-state index in [1.54, 1.807) is 5.38 Å². The molecule has 2 aromatic carbocycles. The molecule has 1 aliphatic carbocycles. The van der Waals surface area contributed by atoms with Gasteiger partial charge in [-0.15, -0.1) is 11.3 Å². The van der Waals surface area contributed by atoms with Gasteiger partial charge in [0.15, 0.2) is 0 Å². The number of rotatable bonds is 7. The molecule has 1 aliphatic heterocycles. The summed E-state index contributed by atoms with van der Waals surface area (Å²) in [4.78, 5) is 31.4. The van der Waals surface area contributed by atoms with Crippen molar-refractivity contribution in [1.82, 2.24) is 15.2 Å². The van der Waals surface area contributed by atoms with Crippen LogP contribution in [-0.2, 0) is 17.8 Å². The molecule has 0 bridgehead atoms. The van der Waals surface area contributed by atoms with Crippen LogP contribution in [0.2, 0.25) is 0 Å². The Morgan fingerprint density at radius 2 is 1.97 bits per heavy atom. The van der Waals surface area contributed by atoms with Gasteiger partial charge in [0.1, 0.15) is 23.1 Å². The standard InChI is InChI=1S/C27H29N3O3S/c1-3-25(31)30-13-12-18-8-11-21(14-22(18)26(30)19-6-4-17(2)5-7-19)33-15-24-29-23(16-34-24)27(32)28-20-9-10-20/h4-8,11,14,16,20,26H,3,9-10,12-13,15H2,1-2H3,(H,28,32)/t26-/m1/s1. The van der Waals surface area contributed by atoms with Crippen LogP contribution in [0.3, 0.4) is 0 Å². The van der Waals surface area contributed by atoms with E-state index in [2.05, 4.69) is 53.6 Å². The summed E-state index contributed by atoms with van der Waals surface area (Å²) in [6.45, 7) is 4.99. The summed E-state index contributed by atoms with van der Waals surface area (Å²) in [5.74, 6) is 0.781. The lowest BCUT2D eigenvalue weighted by atomic mass is 9.87. The summed E-state index contributed by atoms with van der Waals surface area (Å²) < 4.78 is 6.08. The highest BCUT2D eigenvalue weighted by Crippen LogP contribution is 2.37. The number of benzene rings is 2. The van der Waals surface area contributed by atoms with Crippen LogP contribution < -0.4 is 10.1 Å². The largest absolute Gasteiger partial charge is 0.486 e. The van der Waals surface area contributed by atoms with E-state index in [1.165, 1.54) is 22.5 Å². The van der Waals surface area contributed by atoms with Crippen molar-refractivity contribution in [3.63, 3.8) is 0 Å². The zero-order valence-electron chi connectivity index (χ0n) is 19.5. The molecule has 2 heterocycles. The summed E-state index contributed by atoms with van der Waals surface area (Å²) >= 11 is 1.43. The molecule has 1 N–H and O–H groups in total. The number of hydrogen-bond donors (Lipinski definition) is 1. The van der Waals surface area contributed by atoms with Crippen molar-refractivity contribution in [3.8, 4) is 5.75 Å². The van der Waals surface area contributed by atoms with Crippen LogP contribution in [0.1, 0.15) is 70.0 Å². The van der Waals surface area contributed by atoms with Gasteiger partial charge < -0.3 is 15.0 Å². The maximum absolute atomic E-state index is 12.8. The van der Waals surface area contributed by atoms with E-state index in [1.807, 2.05) is 17.9 Å². The first-order chi connectivity index (χ1) is 16.5. The number of carbonyl (C=O) groups excluding carboxylic acids is 2. The lowest BCUT2D eigenvalue weighted by Crippen LogP contribution is -2.40. The minimum Gasteiger partial charge on any atom is -0.486 e. The fraction of sp³-hybridized carbons (Fsp3) is 0.370. The van der Waals surface area contributed by atoms with Crippen LogP contribution in [0.4, 0.5) is 0 Å². The quantitative estimate of drug-likeness (QED) is 0.533. The minimum atomic E-state index is -0.127. The number of fused-ring (bicyclic) bond motifs is 1. The molecule has 34 heavy (non-hydrogen) atoms. The Bertz CT molecular complexity index is 1200. The van der Waals surface area contributed by atoms with Gasteiger partial charge in [-0.1, -0.05) is 42.8 Å². The molecule has 1 fully saturated rings. The molecule has 176 valence electrons. The Balaban J connectivity index is 1.36. The zero-order chi connectivity index (χ0) is 23.7. The predicted molar refractivity (Wildman–Crippen MR) is 132 cm³/mol. The number of nitrogens with one attached hydrogen (secondary N) is 1. The van der Waals surface area contributed by atoms with Crippen molar-refractivity contribution in [2.24, 2.45) is 0 Å². The molecule has 0 saturated heterocycles. The Labute approximate surface area is 204 Å². The number of nitrogens with zero attached hydrogens (tertiary/aromatic N) is 2. The molecule has 2 amide bonds. The van der Waals surface area contributed by atoms with Crippen molar-refractivity contribution < 1.29 is 14.3 Å². The monoisotopic (exact) mass is 475 g/mol. The average Bonchev–Trinajstić information content (AvgIpc) is 3.54. The molecule has 0 unspecified atom stereocenters. The van der Waals surface area contributed by atoms with Crippen molar-refractivity contribution in [3.05, 3.63) is 80.8 Å². The lowest BCUT2D eigenvalue weighted by Gasteiger charge is -2.38. The van der Waals surface area contributed by atoms with Crippen LogP contribution >= 0.6 is 11.3 Å². The second-order valence-electron chi connectivity index (χ2n) is 9.03. The van der Waals surface area contributed by atoms with E-state index in [9.17, 15) is 9.59 Å². The highest BCUT2D eigenvalue weighted by Gasteiger charge is 2.31. The van der Waals surface area contributed by atoms with Gasteiger partial charge in [0, 0.05) is 24.4 Å². The van der Waals surface area contributed by atoms with Gasteiger partial charge in [0.2, 0.25) is 5.91 Å². The van der Waals surface area contributed by atoms with Crippen LogP contribution in [-0.4, -0.2) is 34.3 Å². The van der Waals surface area contributed by atoms with E-state index in [-0.39, 0.29) is 17.9 Å². The van der Waals surface area contributed by atoms with E-state index >= 15 is 0 Å².